The van der Waals surface area contributed by atoms with Crippen molar-refractivity contribution in [3.8, 4) is 0 Å². The number of nitrogens with two attached hydrogens (primary N) is 1. The number of aryl methyl sites for hydroxylation is 2. The largest absolute Gasteiger partial charge is 0.398 e. The normalized spacial score (nSPS) is 11.8. The van der Waals surface area contributed by atoms with Crippen LogP contribution in [0.1, 0.15) is 23.9 Å². The minimum atomic E-state index is -3.42. The van der Waals surface area contributed by atoms with Crippen molar-refractivity contribution < 1.29 is 8.42 Å². The molecule has 6 heteroatoms. The highest BCUT2D eigenvalue weighted by atomic mass is 32.2. The monoisotopic (exact) mass is 293 g/mol. The van der Waals surface area contributed by atoms with E-state index >= 15 is 0 Å². The smallest absolute Gasteiger partial charge is 0.184 e. The fourth-order valence-electron chi connectivity index (χ4n) is 2.12. The average Bonchev–Trinajstić information content (AvgIpc) is 2.72. The van der Waals surface area contributed by atoms with Crippen molar-refractivity contribution in [2.45, 2.75) is 30.9 Å². The maximum atomic E-state index is 12.5. The Balaban J connectivity index is 2.40. The topological polar surface area (TPSA) is 78.0 Å². The summed E-state index contributed by atoms with van der Waals surface area (Å²) >= 11 is 0. The first-order chi connectivity index (χ1) is 9.35. The van der Waals surface area contributed by atoms with Crippen molar-refractivity contribution in [3.05, 3.63) is 41.2 Å². The Morgan fingerprint density at radius 2 is 2.05 bits per heavy atom. The zero-order chi connectivity index (χ0) is 14.9. The van der Waals surface area contributed by atoms with E-state index in [1.807, 2.05) is 13.0 Å². The fourth-order valence-corrected chi connectivity index (χ4v) is 3.81. The molecule has 0 aliphatic heterocycles. The number of aromatic nitrogens is 2. The van der Waals surface area contributed by atoms with Crippen molar-refractivity contribution >= 4 is 15.5 Å². The maximum Gasteiger partial charge on any atom is 0.184 e. The standard InChI is InChI=1S/C14H19N3O2S/c1-4-11-8-12(17(3)16-11)9-20(18,19)14-7-5-6-13(15)10(14)2/h5-8H,4,9,15H2,1-3H3. The lowest BCUT2D eigenvalue weighted by Crippen LogP contribution is -2.11. The summed E-state index contributed by atoms with van der Waals surface area (Å²) in [6, 6.07) is 6.79. The van der Waals surface area contributed by atoms with Gasteiger partial charge in [-0.3, -0.25) is 4.68 Å². The molecule has 0 aliphatic carbocycles. The van der Waals surface area contributed by atoms with Crippen LogP contribution >= 0.6 is 0 Å². The molecule has 5 nitrogen and oxygen atoms in total. The van der Waals surface area contributed by atoms with Crippen LogP contribution < -0.4 is 5.73 Å². The molecule has 1 heterocycles. The van der Waals surface area contributed by atoms with E-state index in [0.29, 0.717) is 16.9 Å². The molecule has 1 aromatic heterocycles. The molecular weight excluding hydrogens is 274 g/mol. The van der Waals surface area contributed by atoms with Crippen LogP contribution in [0.3, 0.4) is 0 Å². The molecule has 0 unspecified atom stereocenters. The molecule has 1 aromatic carbocycles. The first-order valence-electron chi connectivity index (χ1n) is 6.44. The molecule has 0 spiro atoms. The van der Waals surface area contributed by atoms with Crippen LogP contribution in [-0.2, 0) is 29.1 Å². The third kappa shape index (κ3) is 2.70. The van der Waals surface area contributed by atoms with Crippen molar-refractivity contribution in [1.29, 1.82) is 0 Å². The van der Waals surface area contributed by atoms with Crippen LogP contribution in [0, 0.1) is 6.92 Å². The molecule has 0 radical (unpaired) electrons. The lowest BCUT2D eigenvalue weighted by molar-refractivity contribution is 0.591. The highest BCUT2D eigenvalue weighted by Gasteiger charge is 2.20. The van der Waals surface area contributed by atoms with E-state index in [9.17, 15) is 8.42 Å². The van der Waals surface area contributed by atoms with Crippen LogP contribution in [0.4, 0.5) is 5.69 Å². The summed E-state index contributed by atoms with van der Waals surface area (Å²) in [6.45, 7) is 3.71. The number of hydrogen-bond acceptors (Lipinski definition) is 4. The maximum absolute atomic E-state index is 12.5. The molecule has 2 aromatic rings. The van der Waals surface area contributed by atoms with Crippen molar-refractivity contribution in [2.75, 3.05) is 5.73 Å². The molecule has 0 saturated carbocycles. The third-order valence-corrected chi connectivity index (χ3v) is 5.18. The van der Waals surface area contributed by atoms with Crippen LogP contribution in [0.15, 0.2) is 29.2 Å². The minimum absolute atomic E-state index is 0.0687. The van der Waals surface area contributed by atoms with Gasteiger partial charge in [-0.1, -0.05) is 13.0 Å². The summed E-state index contributed by atoms with van der Waals surface area (Å²) in [5.74, 6) is -0.0687. The van der Waals surface area contributed by atoms with Gasteiger partial charge in [-0.15, -0.1) is 0 Å². The van der Waals surface area contributed by atoms with Gasteiger partial charge in [0, 0.05) is 12.7 Å². The summed E-state index contributed by atoms with van der Waals surface area (Å²) < 4.78 is 26.7. The van der Waals surface area contributed by atoms with Crippen LogP contribution in [0.25, 0.3) is 0 Å². The summed E-state index contributed by atoms with van der Waals surface area (Å²) in [7, 11) is -1.66. The van der Waals surface area contributed by atoms with Gasteiger partial charge >= 0.3 is 0 Å². The Morgan fingerprint density at radius 1 is 1.35 bits per heavy atom. The molecule has 0 amide bonds. The lowest BCUT2D eigenvalue weighted by atomic mass is 10.2. The Morgan fingerprint density at radius 3 is 2.65 bits per heavy atom. The zero-order valence-corrected chi connectivity index (χ0v) is 12.7. The molecule has 20 heavy (non-hydrogen) atoms. The van der Waals surface area contributed by atoms with E-state index in [2.05, 4.69) is 5.10 Å². The molecule has 2 N–H and O–H groups in total. The highest BCUT2D eigenvalue weighted by Crippen LogP contribution is 2.24. The van der Waals surface area contributed by atoms with Crippen LogP contribution in [0.5, 0.6) is 0 Å². The van der Waals surface area contributed by atoms with Gasteiger partial charge in [-0.2, -0.15) is 5.10 Å². The van der Waals surface area contributed by atoms with Crippen LogP contribution in [-0.4, -0.2) is 18.2 Å². The summed E-state index contributed by atoms with van der Waals surface area (Å²) in [6.07, 6.45) is 0.783. The Labute approximate surface area is 119 Å². The number of anilines is 1. The number of sulfone groups is 1. The van der Waals surface area contributed by atoms with Crippen molar-refractivity contribution in [1.82, 2.24) is 9.78 Å². The molecule has 0 fully saturated rings. The second kappa shape index (κ2) is 5.28. The average molecular weight is 293 g/mol. The van der Waals surface area contributed by atoms with Gasteiger partial charge in [-0.25, -0.2) is 8.42 Å². The fraction of sp³-hybridized carbons (Fsp3) is 0.357. The number of hydrogen-bond donors (Lipinski definition) is 1. The Kier molecular flexibility index (Phi) is 3.85. The van der Waals surface area contributed by atoms with Crippen LogP contribution in [0.2, 0.25) is 0 Å². The molecule has 0 atom stereocenters. The van der Waals surface area contributed by atoms with E-state index in [-0.39, 0.29) is 10.6 Å². The predicted molar refractivity (Wildman–Crippen MR) is 79.1 cm³/mol. The number of nitrogens with zero attached hydrogens (tertiary/aromatic N) is 2. The minimum Gasteiger partial charge on any atom is -0.398 e. The van der Waals surface area contributed by atoms with Gasteiger partial charge in [0.05, 0.1) is 22.0 Å². The molecule has 0 bridgehead atoms. The lowest BCUT2D eigenvalue weighted by Gasteiger charge is -2.09. The second-order valence-corrected chi connectivity index (χ2v) is 6.79. The Hall–Kier alpha value is -1.82. The number of benzene rings is 1. The van der Waals surface area contributed by atoms with Gasteiger partial charge in [0.1, 0.15) is 0 Å². The second-order valence-electron chi connectivity index (χ2n) is 4.83. The highest BCUT2D eigenvalue weighted by molar-refractivity contribution is 7.90. The van der Waals surface area contributed by atoms with Crippen molar-refractivity contribution in [2.24, 2.45) is 7.05 Å². The van der Waals surface area contributed by atoms with Gasteiger partial charge in [0.25, 0.3) is 0 Å². The third-order valence-electron chi connectivity index (χ3n) is 3.39. The molecular formula is C14H19N3O2S. The molecule has 108 valence electrons. The number of nitrogen functional groups attached to an aromatic ring is 1. The van der Waals surface area contributed by atoms with Gasteiger partial charge < -0.3 is 5.73 Å². The predicted octanol–water partition coefficient (Wildman–Crippen LogP) is 1.85. The SMILES string of the molecule is CCc1cc(CS(=O)(=O)c2cccc(N)c2C)n(C)n1. The van der Waals surface area contributed by atoms with E-state index in [4.69, 9.17) is 5.73 Å². The molecule has 0 aliphatic rings. The van der Waals surface area contributed by atoms with E-state index < -0.39 is 9.84 Å². The van der Waals surface area contributed by atoms with Crippen molar-refractivity contribution in [3.63, 3.8) is 0 Å². The van der Waals surface area contributed by atoms with Gasteiger partial charge in [0.15, 0.2) is 9.84 Å². The first kappa shape index (κ1) is 14.6. The number of rotatable bonds is 4. The van der Waals surface area contributed by atoms with E-state index in [0.717, 1.165) is 12.1 Å². The van der Waals surface area contributed by atoms with E-state index in [1.165, 1.54) is 0 Å². The van der Waals surface area contributed by atoms with Gasteiger partial charge in [0.2, 0.25) is 0 Å². The molecule has 2 rings (SSSR count). The summed E-state index contributed by atoms with van der Waals surface area (Å²) in [4.78, 5) is 0.289. The van der Waals surface area contributed by atoms with Gasteiger partial charge in [-0.05, 0) is 37.1 Å². The quantitative estimate of drug-likeness (QED) is 0.873. The van der Waals surface area contributed by atoms with E-state index in [1.54, 1.807) is 36.9 Å². The zero-order valence-electron chi connectivity index (χ0n) is 11.9. The summed E-state index contributed by atoms with van der Waals surface area (Å²) in [5, 5.41) is 4.27. The Bertz CT molecular complexity index is 733. The molecule has 0 saturated heterocycles. The first-order valence-corrected chi connectivity index (χ1v) is 8.10. The summed E-state index contributed by atoms with van der Waals surface area (Å²) in [5.41, 5.74) is 8.45.